The first-order valence-electron chi connectivity index (χ1n) is 16.0. The molecule has 10 heteroatoms. The van der Waals surface area contributed by atoms with Crippen molar-refractivity contribution in [3.63, 3.8) is 0 Å². The van der Waals surface area contributed by atoms with Gasteiger partial charge in [-0.2, -0.15) is 0 Å². The highest BCUT2D eigenvalue weighted by Crippen LogP contribution is 2.27. The van der Waals surface area contributed by atoms with Crippen molar-refractivity contribution in [2.24, 2.45) is 5.92 Å². The Bertz CT molecular complexity index is 1070. The van der Waals surface area contributed by atoms with Gasteiger partial charge in [-0.25, -0.2) is 4.79 Å². The number of benzene rings is 1. The van der Waals surface area contributed by atoms with Gasteiger partial charge in [-0.1, -0.05) is 63.8 Å². The lowest BCUT2D eigenvalue weighted by atomic mass is 9.90. The third-order valence-electron chi connectivity index (χ3n) is 8.52. The number of alkyl carbamates (subject to hydrolysis) is 1. The number of piperazine rings is 1. The standard InChI is InChI=1S/C33H53N5O5/c1-7-27(39)35-28(31(41)38-20-18-37(6)19-21-38)23(2)25-16-14-24(15-17-25)22-34-30(40)29(26-12-10-8-9-11-13-26)36-32(42)43-33(3,4)5/h14-17,23,26,28-29H,7-13,18-22H2,1-6H3,(H,34,40)(H,35,39)(H,36,42)/t23?,28-,29?/m1/s1. The number of ether oxygens (including phenoxy) is 1. The second-order valence-electron chi connectivity index (χ2n) is 13.2. The number of nitrogens with one attached hydrogen (secondary N) is 3. The second-order valence-corrected chi connectivity index (χ2v) is 13.2. The Morgan fingerprint density at radius 2 is 1.53 bits per heavy atom. The van der Waals surface area contributed by atoms with E-state index < -0.39 is 23.8 Å². The SMILES string of the molecule is CCC(=O)N[C@@H](C(=O)N1CCN(C)CC1)C(C)c1ccc(CNC(=O)C(NC(=O)OC(C)(C)C)C2CCCCCC2)cc1. The number of likely N-dealkylation sites (N-methyl/N-ethyl adjacent to an activating group) is 1. The maximum atomic E-state index is 13.5. The zero-order chi connectivity index (χ0) is 31.6. The van der Waals surface area contributed by atoms with Crippen molar-refractivity contribution >= 4 is 23.8 Å². The molecule has 1 saturated carbocycles. The highest BCUT2D eigenvalue weighted by molar-refractivity contribution is 5.88. The van der Waals surface area contributed by atoms with Crippen molar-refractivity contribution in [1.82, 2.24) is 25.8 Å². The quantitative estimate of drug-likeness (QED) is 0.351. The molecule has 0 radical (unpaired) electrons. The maximum absolute atomic E-state index is 13.5. The molecular weight excluding hydrogens is 546 g/mol. The fourth-order valence-corrected chi connectivity index (χ4v) is 5.81. The van der Waals surface area contributed by atoms with Crippen LogP contribution >= 0.6 is 0 Å². The van der Waals surface area contributed by atoms with Gasteiger partial charge < -0.3 is 30.5 Å². The van der Waals surface area contributed by atoms with Crippen molar-refractivity contribution in [3.8, 4) is 0 Å². The summed E-state index contributed by atoms with van der Waals surface area (Å²) in [6, 6.07) is 6.48. The van der Waals surface area contributed by atoms with E-state index in [1.807, 2.05) is 43.1 Å². The molecule has 3 N–H and O–H groups in total. The summed E-state index contributed by atoms with van der Waals surface area (Å²) in [6.45, 7) is 12.4. The molecule has 1 heterocycles. The van der Waals surface area contributed by atoms with Crippen LogP contribution in [-0.4, -0.2) is 84.5 Å². The number of carbonyl (C=O) groups is 4. The average Bonchev–Trinajstić information content (AvgIpc) is 3.26. The van der Waals surface area contributed by atoms with E-state index in [1.54, 1.807) is 27.7 Å². The van der Waals surface area contributed by atoms with Gasteiger partial charge in [-0.3, -0.25) is 14.4 Å². The van der Waals surface area contributed by atoms with Gasteiger partial charge in [0, 0.05) is 45.1 Å². The molecule has 43 heavy (non-hydrogen) atoms. The lowest BCUT2D eigenvalue weighted by Crippen LogP contribution is -2.55. The van der Waals surface area contributed by atoms with E-state index in [1.165, 1.54) is 0 Å². The van der Waals surface area contributed by atoms with Crippen molar-refractivity contribution in [1.29, 1.82) is 0 Å². The smallest absolute Gasteiger partial charge is 0.408 e. The van der Waals surface area contributed by atoms with Gasteiger partial charge in [0.25, 0.3) is 0 Å². The van der Waals surface area contributed by atoms with Crippen LogP contribution in [0, 0.1) is 5.92 Å². The van der Waals surface area contributed by atoms with Crippen LogP contribution in [0.5, 0.6) is 0 Å². The van der Waals surface area contributed by atoms with Gasteiger partial charge in [-0.05, 0) is 57.7 Å². The number of carbonyl (C=O) groups excluding carboxylic acids is 4. The summed E-state index contributed by atoms with van der Waals surface area (Å²) in [4.78, 5) is 55.9. The van der Waals surface area contributed by atoms with Crippen molar-refractivity contribution in [2.45, 2.75) is 110 Å². The van der Waals surface area contributed by atoms with E-state index in [0.29, 0.717) is 26.1 Å². The highest BCUT2D eigenvalue weighted by atomic mass is 16.6. The van der Waals surface area contributed by atoms with E-state index in [4.69, 9.17) is 4.74 Å². The molecule has 240 valence electrons. The molecule has 1 aromatic carbocycles. The Hall–Kier alpha value is -3.14. The fraction of sp³-hybridized carbons (Fsp3) is 0.697. The van der Waals surface area contributed by atoms with Gasteiger partial charge in [0.1, 0.15) is 17.7 Å². The van der Waals surface area contributed by atoms with Crippen molar-refractivity contribution in [2.75, 3.05) is 33.2 Å². The number of hydrogen-bond acceptors (Lipinski definition) is 6. The van der Waals surface area contributed by atoms with E-state index in [9.17, 15) is 19.2 Å². The molecule has 1 aliphatic heterocycles. The van der Waals surface area contributed by atoms with E-state index in [0.717, 1.165) is 62.7 Å². The number of rotatable bonds is 10. The van der Waals surface area contributed by atoms with Crippen LogP contribution in [0.25, 0.3) is 0 Å². The molecule has 2 unspecified atom stereocenters. The normalized spacial score (nSPS) is 19.0. The Kier molecular flexibility index (Phi) is 12.8. The predicted molar refractivity (Wildman–Crippen MR) is 167 cm³/mol. The van der Waals surface area contributed by atoms with Crippen LogP contribution < -0.4 is 16.0 Å². The summed E-state index contributed by atoms with van der Waals surface area (Å²) in [7, 11) is 2.04. The minimum Gasteiger partial charge on any atom is -0.444 e. The van der Waals surface area contributed by atoms with Crippen LogP contribution in [0.1, 0.15) is 96.6 Å². The minimum absolute atomic E-state index is 0.0548. The fourth-order valence-electron chi connectivity index (χ4n) is 5.81. The zero-order valence-corrected chi connectivity index (χ0v) is 27.0. The Morgan fingerprint density at radius 3 is 2.09 bits per heavy atom. The van der Waals surface area contributed by atoms with E-state index in [-0.39, 0.29) is 29.6 Å². The Morgan fingerprint density at radius 1 is 0.930 bits per heavy atom. The van der Waals surface area contributed by atoms with E-state index in [2.05, 4.69) is 20.9 Å². The van der Waals surface area contributed by atoms with Gasteiger partial charge in [-0.15, -0.1) is 0 Å². The number of amides is 4. The third kappa shape index (κ3) is 10.8. The zero-order valence-electron chi connectivity index (χ0n) is 27.0. The second kappa shape index (κ2) is 16.1. The summed E-state index contributed by atoms with van der Waals surface area (Å²) in [5.41, 5.74) is 1.18. The lowest BCUT2D eigenvalue weighted by Gasteiger charge is -2.36. The van der Waals surface area contributed by atoms with Gasteiger partial charge >= 0.3 is 6.09 Å². The molecule has 1 saturated heterocycles. The van der Waals surface area contributed by atoms with Gasteiger partial charge in [0.2, 0.25) is 17.7 Å². The molecule has 0 aromatic heterocycles. The summed E-state index contributed by atoms with van der Waals surface area (Å²) in [5, 5.41) is 8.84. The van der Waals surface area contributed by atoms with Gasteiger partial charge in [0.05, 0.1) is 0 Å². The topological polar surface area (TPSA) is 120 Å². The summed E-state index contributed by atoms with van der Waals surface area (Å²) < 4.78 is 5.46. The highest BCUT2D eigenvalue weighted by Gasteiger charge is 2.33. The van der Waals surface area contributed by atoms with Crippen molar-refractivity contribution in [3.05, 3.63) is 35.4 Å². The van der Waals surface area contributed by atoms with Crippen molar-refractivity contribution < 1.29 is 23.9 Å². The van der Waals surface area contributed by atoms with Crippen LogP contribution in [0.4, 0.5) is 4.79 Å². The minimum atomic E-state index is -0.657. The first-order valence-corrected chi connectivity index (χ1v) is 16.0. The van der Waals surface area contributed by atoms with Crippen LogP contribution in [-0.2, 0) is 25.7 Å². The first-order chi connectivity index (χ1) is 20.4. The summed E-state index contributed by atoms with van der Waals surface area (Å²) in [6.07, 6.45) is 5.89. The Balaban J connectivity index is 1.67. The molecular formula is C33H53N5O5. The lowest BCUT2D eigenvalue weighted by molar-refractivity contribution is -0.138. The maximum Gasteiger partial charge on any atom is 0.408 e. The molecule has 1 aliphatic carbocycles. The molecule has 2 aliphatic rings. The largest absolute Gasteiger partial charge is 0.444 e. The summed E-state index contributed by atoms with van der Waals surface area (Å²) in [5.74, 6) is -0.590. The molecule has 3 atom stereocenters. The molecule has 2 fully saturated rings. The van der Waals surface area contributed by atoms with Crippen LogP contribution in [0.2, 0.25) is 0 Å². The molecule has 0 bridgehead atoms. The molecule has 10 nitrogen and oxygen atoms in total. The van der Waals surface area contributed by atoms with Gasteiger partial charge in [0.15, 0.2) is 0 Å². The molecule has 3 rings (SSSR count). The average molecular weight is 600 g/mol. The molecule has 4 amide bonds. The predicted octanol–water partition coefficient (Wildman–Crippen LogP) is 3.94. The van der Waals surface area contributed by atoms with Crippen LogP contribution in [0.15, 0.2) is 24.3 Å². The third-order valence-corrected chi connectivity index (χ3v) is 8.52. The number of nitrogens with zero attached hydrogens (tertiary/aromatic N) is 2. The monoisotopic (exact) mass is 599 g/mol. The van der Waals surface area contributed by atoms with E-state index >= 15 is 0 Å². The molecule has 0 spiro atoms. The molecule has 1 aromatic rings. The Labute approximate surface area is 257 Å². The van der Waals surface area contributed by atoms with Crippen LogP contribution in [0.3, 0.4) is 0 Å². The summed E-state index contributed by atoms with van der Waals surface area (Å²) >= 11 is 0. The first kappa shape index (κ1) is 34.4. The number of hydrogen-bond donors (Lipinski definition) is 3.